The normalized spacial score (nSPS) is 27.2. The maximum Gasteiger partial charge on any atom is 0.309 e. The van der Waals surface area contributed by atoms with Crippen molar-refractivity contribution in [2.45, 2.75) is 51.6 Å². The number of nitrogens with zero attached hydrogens (tertiary/aromatic N) is 4. The van der Waals surface area contributed by atoms with Crippen LogP contribution in [0.5, 0.6) is 5.75 Å². The number of aliphatic carboxylic acids is 1. The van der Waals surface area contributed by atoms with Gasteiger partial charge in [0, 0.05) is 35.7 Å². The highest BCUT2D eigenvalue weighted by atomic mass is 35.5. The highest BCUT2D eigenvalue weighted by molar-refractivity contribution is 6.35. The van der Waals surface area contributed by atoms with Crippen molar-refractivity contribution in [3.05, 3.63) is 40.0 Å². The second-order valence-corrected chi connectivity index (χ2v) is 12.0. The Hall–Kier alpha value is -2.29. The van der Waals surface area contributed by atoms with Crippen molar-refractivity contribution < 1.29 is 14.6 Å². The number of benzene rings is 1. The van der Waals surface area contributed by atoms with E-state index in [1.54, 1.807) is 19.4 Å². The fraction of sp³-hybridized carbons (Fsp3) is 0.593. The van der Waals surface area contributed by atoms with Gasteiger partial charge in [0.05, 0.1) is 24.8 Å². The van der Waals surface area contributed by atoms with Crippen LogP contribution in [0.25, 0.3) is 0 Å². The molecule has 2 aromatic rings. The van der Waals surface area contributed by atoms with Crippen LogP contribution in [0.3, 0.4) is 0 Å². The molecule has 3 fully saturated rings. The third-order valence-electron chi connectivity index (χ3n) is 8.50. The number of likely N-dealkylation sites (tertiary alicyclic amines) is 1. The Balaban J connectivity index is 1.19. The lowest BCUT2D eigenvalue weighted by molar-refractivity contribution is -0.158. The molecular weight excluding hydrogens is 513 g/mol. The topological polar surface area (TPSA) is 90.8 Å². The summed E-state index contributed by atoms with van der Waals surface area (Å²) < 4.78 is 5.51. The minimum atomic E-state index is -0.661. The first-order valence-corrected chi connectivity index (χ1v) is 13.8. The fourth-order valence-corrected chi connectivity index (χ4v) is 6.62. The monoisotopic (exact) mass is 547 g/mol. The molecule has 1 aliphatic carbocycles. The van der Waals surface area contributed by atoms with Crippen molar-refractivity contribution in [2.75, 3.05) is 43.5 Å². The second kappa shape index (κ2) is 10.5. The van der Waals surface area contributed by atoms with Gasteiger partial charge < -0.3 is 25.0 Å². The molecule has 37 heavy (non-hydrogen) atoms. The van der Waals surface area contributed by atoms with E-state index in [1.165, 1.54) is 12.8 Å². The number of piperidine rings is 1. The lowest BCUT2D eigenvalue weighted by Crippen LogP contribution is -2.58. The van der Waals surface area contributed by atoms with E-state index in [-0.39, 0.29) is 6.04 Å². The number of anilines is 2. The minimum absolute atomic E-state index is 0.103. The van der Waals surface area contributed by atoms with Crippen LogP contribution in [0.1, 0.15) is 51.1 Å². The standard InChI is InChI=1S/C27H35Cl2N5O3/c1-16(21-7-6-19(28)9-22(21)29)31-24-23(37-3)12-30-26(32-24)34-14-18(15-34)17-5-4-8-33(13-17)20-10-27(2,11-20)25(35)36/h6-7,9,12,16-18,20H,4-5,8,10-11,13-15H2,1-3H3,(H,35,36)(H,30,31,32)/t16-,17+,20?,27?/m1/s1. The Morgan fingerprint density at radius 2 is 2.00 bits per heavy atom. The summed E-state index contributed by atoms with van der Waals surface area (Å²) in [5.41, 5.74) is 0.382. The summed E-state index contributed by atoms with van der Waals surface area (Å²) in [6.07, 6.45) is 5.65. The van der Waals surface area contributed by atoms with E-state index in [0.29, 0.717) is 45.4 Å². The van der Waals surface area contributed by atoms with Gasteiger partial charge in [0.15, 0.2) is 11.6 Å². The quantitative estimate of drug-likeness (QED) is 0.456. The number of carboxylic acids is 1. The minimum Gasteiger partial charge on any atom is -0.491 e. The fourth-order valence-electron chi connectivity index (χ4n) is 6.05. The van der Waals surface area contributed by atoms with E-state index in [9.17, 15) is 9.90 Å². The number of hydrogen-bond donors (Lipinski definition) is 2. The van der Waals surface area contributed by atoms with Crippen LogP contribution in [0.15, 0.2) is 24.4 Å². The molecule has 2 N–H and O–H groups in total. The first-order valence-electron chi connectivity index (χ1n) is 13.0. The van der Waals surface area contributed by atoms with Gasteiger partial charge >= 0.3 is 5.97 Å². The van der Waals surface area contributed by atoms with Gasteiger partial charge in [-0.2, -0.15) is 4.98 Å². The molecule has 10 heteroatoms. The van der Waals surface area contributed by atoms with E-state index >= 15 is 0 Å². The number of ether oxygens (including phenoxy) is 1. The molecule has 0 unspecified atom stereocenters. The molecule has 2 saturated heterocycles. The van der Waals surface area contributed by atoms with Gasteiger partial charge in [-0.1, -0.05) is 29.3 Å². The Labute approximate surface area is 228 Å². The van der Waals surface area contributed by atoms with Crippen molar-refractivity contribution in [3.63, 3.8) is 0 Å². The van der Waals surface area contributed by atoms with Gasteiger partial charge in [0.25, 0.3) is 0 Å². The van der Waals surface area contributed by atoms with Crippen molar-refractivity contribution in [3.8, 4) is 5.75 Å². The van der Waals surface area contributed by atoms with Gasteiger partial charge in [0.1, 0.15) is 0 Å². The molecule has 0 spiro atoms. The van der Waals surface area contributed by atoms with Gasteiger partial charge in [0.2, 0.25) is 5.95 Å². The summed E-state index contributed by atoms with van der Waals surface area (Å²) in [5.74, 6) is 2.47. The number of nitrogens with one attached hydrogen (secondary N) is 1. The van der Waals surface area contributed by atoms with Gasteiger partial charge in [-0.05, 0) is 75.6 Å². The van der Waals surface area contributed by atoms with Crippen LogP contribution in [-0.4, -0.2) is 65.3 Å². The molecule has 2 aliphatic heterocycles. The SMILES string of the molecule is COc1cnc(N2CC([C@H]3CCCN(C4CC(C)(C(=O)O)C4)C3)C2)nc1N[C@H](C)c1ccc(Cl)cc1Cl. The van der Waals surface area contributed by atoms with Crippen molar-refractivity contribution >= 4 is 40.9 Å². The van der Waals surface area contributed by atoms with Crippen molar-refractivity contribution in [1.82, 2.24) is 14.9 Å². The predicted molar refractivity (Wildman–Crippen MR) is 146 cm³/mol. The molecule has 200 valence electrons. The molecule has 1 saturated carbocycles. The highest BCUT2D eigenvalue weighted by Crippen LogP contribution is 2.45. The summed E-state index contributed by atoms with van der Waals surface area (Å²) in [6.45, 7) is 7.90. The smallest absolute Gasteiger partial charge is 0.309 e. The van der Waals surface area contributed by atoms with Crippen LogP contribution in [-0.2, 0) is 4.79 Å². The summed E-state index contributed by atoms with van der Waals surface area (Å²) in [4.78, 5) is 25.6. The number of hydrogen-bond acceptors (Lipinski definition) is 7. The molecule has 2 atom stereocenters. The van der Waals surface area contributed by atoms with Crippen LogP contribution in [0.4, 0.5) is 11.8 Å². The van der Waals surface area contributed by atoms with E-state index in [1.807, 2.05) is 26.0 Å². The summed E-state index contributed by atoms with van der Waals surface area (Å²) in [6, 6.07) is 5.78. The Bertz CT molecular complexity index is 1150. The average Bonchev–Trinajstić information content (AvgIpc) is 2.81. The Kier molecular flexibility index (Phi) is 7.44. The lowest BCUT2D eigenvalue weighted by Gasteiger charge is -2.52. The average molecular weight is 549 g/mol. The lowest BCUT2D eigenvalue weighted by atomic mass is 9.65. The number of halogens is 2. The second-order valence-electron chi connectivity index (χ2n) is 11.1. The zero-order valence-electron chi connectivity index (χ0n) is 21.6. The highest BCUT2D eigenvalue weighted by Gasteiger charge is 2.49. The molecule has 3 aliphatic rings. The maximum atomic E-state index is 11.5. The van der Waals surface area contributed by atoms with Gasteiger partial charge in [-0.15, -0.1) is 0 Å². The third-order valence-corrected chi connectivity index (χ3v) is 9.06. The molecule has 0 bridgehead atoms. The Morgan fingerprint density at radius 1 is 1.24 bits per heavy atom. The van der Waals surface area contributed by atoms with E-state index < -0.39 is 11.4 Å². The van der Waals surface area contributed by atoms with Crippen LogP contribution in [0, 0.1) is 17.3 Å². The molecule has 1 aromatic heterocycles. The largest absolute Gasteiger partial charge is 0.491 e. The molecule has 8 nitrogen and oxygen atoms in total. The summed E-state index contributed by atoms with van der Waals surface area (Å²) in [5, 5.41) is 14.1. The first-order chi connectivity index (χ1) is 17.7. The van der Waals surface area contributed by atoms with Gasteiger partial charge in [-0.3, -0.25) is 4.79 Å². The number of aromatic nitrogens is 2. The molecule has 0 amide bonds. The third kappa shape index (κ3) is 5.33. The van der Waals surface area contributed by atoms with E-state index in [2.05, 4.69) is 20.1 Å². The van der Waals surface area contributed by atoms with Crippen LogP contribution < -0.4 is 15.0 Å². The summed E-state index contributed by atoms with van der Waals surface area (Å²) >= 11 is 12.5. The molecule has 3 heterocycles. The zero-order valence-corrected chi connectivity index (χ0v) is 23.1. The van der Waals surface area contributed by atoms with E-state index in [0.717, 1.165) is 44.6 Å². The number of methoxy groups -OCH3 is 1. The predicted octanol–water partition coefficient (Wildman–Crippen LogP) is 5.37. The van der Waals surface area contributed by atoms with E-state index in [4.69, 9.17) is 32.9 Å². The first kappa shape index (κ1) is 26.3. The molecule has 1 aromatic carbocycles. The van der Waals surface area contributed by atoms with Gasteiger partial charge in [-0.25, -0.2) is 4.98 Å². The molecule has 5 rings (SSSR count). The Morgan fingerprint density at radius 3 is 2.68 bits per heavy atom. The number of rotatable bonds is 8. The van der Waals surface area contributed by atoms with Crippen molar-refractivity contribution in [1.29, 1.82) is 0 Å². The number of carboxylic acid groups (broad SMARTS) is 1. The van der Waals surface area contributed by atoms with Crippen LogP contribution >= 0.6 is 23.2 Å². The summed E-state index contributed by atoms with van der Waals surface area (Å²) in [7, 11) is 1.61. The molecular formula is C27H35Cl2N5O3. The zero-order chi connectivity index (χ0) is 26.3. The number of carbonyl (C=O) groups is 1. The van der Waals surface area contributed by atoms with Crippen molar-refractivity contribution in [2.24, 2.45) is 17.3 Å². The molecule has 0 radical (unpaired) electrons. The maximum absolute atomic E-state index is 11.5. The van der Waals surface area contributed by atoms with Crippen LogP contribution in [0.2, 0.25) is 10.0 Å².